The SMILES string of the molecule is C#Cc1cccc(NC(=O)NC(C)(CCO)COC)c1. The lowest BCUT2D eigenvalue weighted by atomic mass is 10.00. The summed E-state index contributed by atoms with van der Waals surface area (Å²) in [4.78, 5) is 12.0. The molecule has 0 saturated heterocycles. The van der Waals surface area contributed by atoms with Gasteiger partial charge < -0.3 is 20.5 Å². The zero-order chi connectivity index (χ0) is 15.0. The molecule has 5 heteroatoms. The number of terminal acetylenes is 1. The lowest BCUT2D eigenvalue weighted by molar-refractivity contribution is 0.104. The van der Waals surface area contributed by atoms with Crippen molar-refractivity contribution in [2.75, 3.05) is 25.6 Å². The number of carbonyl (C=O) groups is 1. The number of hydrogen-bond donors (Lipinski definition) is 3. The summed E-state index contributed by atoms with van der Waals surface area (Å²) in [6.07, 6.45) is 5.71. The smallest absolute Gasteiger partial charge is 0.319 e. The van der Waals surface area contributed by atoms with Gasteiger partial charge >= 0.3 is 6.03 Å². The van der Waals surface area contributed by atoms with Crippen molar-refractivity contribution in [1.82, 2.24) is 5.32 Å². The molecule has 1 aromatic carbocycles. The number of amides is 2. The lowest BCUT2D eigenvalue weighted by Crippen LogP contribution is -2.51. The van der Waals surface area contributed by atoms with E-state index >= 15 is 0 Å². The molecular weight excluding hydrogens is 256 g/mol. The maximum atomic E-state index is 12.0. The van der Waals surface area contributed by atoms with Gasteiger partial charge in [0, 0.05) is 25.0 Å². The molecule has 5 nitrogen and oxygen atoms in total. The molecule has 2 amide bonds. The second-order valence-electron chi connectivity index (χ2n) is 4.77. The minimum Gasteiger partial charge on any atom is -0.396 e. The summed E-state index contributed by atoms with van der Waals surface area (Å²) >= 11 is 0. The Bertz CT molecular complexity index is 488. The number of nitrogens with one attached hydrogen (secondary N) is 2. The number of anilines is 1. The Labute approximate surface area is 119 Å². The number of hydrogen-bond acceptors (Lipinski definition) is 3. The van der Waals surface area contributed by atoms with Crippen LogP contribution < -0.4 is 10.6 Å². The lowest BCUT2D eigenvalue weighted by Gasteiger charge is -2.29. The van der Waals surface area contributed by atoms with Gasteiger partial charge in [0.2, 0.25) is 0 Å². The van der Waals surface area contributed by atoms with Crippen LogP contribution in [0.3, 0.4) is 0 Å². The van der Waals surface area contributed by atoms with Crippen molar-refractivity contribution >= 4 is 11.7 Å². The number of aliphatic hydroxyl groups is 1. The summed E-state index contributed by atoms with van der Waals surface area (Å²) in [5.41, 5.74) is 0.677. The first kappa shape index (κ1) is 16.0. The van der Waals surface area contributed by atoms with Crippen LogP contribution in [0.1, 0.15) is 18.9 Å². The van der Waals surface area contributed by atoms with Crippen LogP contribution >= 0.6 is 0 Å². The topological polar surface area (TPSA) is 70.6 Å². The number of rotatable bonds is 6. The zero-order valence-electron chi connectivity index (χ0n) is 11.8. The third kappa shape index (κ3) is 4.92. The number of carbonyl (C=O) groups excluding carboxylic acids is 1. The van der Waals surface area contributed by atoms with Crippen molar-refractivity contribution in [3.05, 3.63) is 29.8 Å². The Morgan fingerprint density at radius 1 is 1.55 bits per heavy atom. The predicted molar refractivity (Wildman–Crippen MR) is 78.5 cm³/mol. The molecule has 20 heavy (non-hydrogen) atoms. The van der Waals surface area contributed by atoms with Crippen LogP contribution in [0.25, 0.3) is 0 Å². The normalized spacial score (nSPS) is 13.1. The van der Waals surface area contributed by atoms with Gasteiger partial charge in [0.05, 0.1) is 12.1 Å². The maximum Gasteiger partial charge on any atom is 0.319 e. The van der Waals surface area contributed by atoms with Gasteiger partial charge in [-0.15, -0.1) is 6.42 Å². The average Bonchev–Trinajstić information content (AvgIpc) is 2.38. The van der Waals surface area contributed by atoms with E-state index in [9.17, 15) is 4.79 Å². The van der Waals surface area contributed by atoms with Crippen LogP contribution in [0, 0.1) is 12.3 Å². The molecule has 108 valence electrons. The van der Waals surface area contributed by atoms with E-state index in [2.05, 4.69) is 16.6 Å². The Morgan fingerprint density at radius 2 is 2.30 bits per heavy atom. The molecule has 0 bridgehead atoms. The van der Waals surface area contributed by atoms with Gasteiger partial charge in [0.25, 0.3) is 0 Å². The molecule has 0 heterocycles. The monoisotopic (exact) mass is 276 g/mol. The fraction of sp³-hybridized carbons (Fsp3) is 0.400. The van der Waals surface area contributed by atoms with E-state index in [0.29, 0.717) is 24.3 Å². The average molecular weight is 276 g/mol. The third-order valence-electron chi connectivity index (χ3n) is 2.83. The molecule has 1 rings (SSSR count). The fourth-order valence-corrected chi connectivity index (χ4v) is 1.86. The second-order valence-corrected chi connectivity index (χ2v) is 4.77. The largest absolute Gasteiger partial charge is 0.396 e. The molecule has 1 aromatic rings. The highest BCUT2D eigenvalue weighted by molar-refractivity contribution is 5.89. The van der Waals surface area contributed by atoms with Gasteiger partial charge in [-0.25, -0.2) is 4.79 Å². The molecular formula is C15H20N2O3. The highest BCUT2D eigenvalue weighted by Gasteiger charge is 2.25. The highest BCUT2D eigenvalue weighted by Crippen LogP contribution is 2.12. The molecule has 0 fully saturated rings. The van der Waals surface area contributed by atoms with Crippen molar-refractivity contribution in [2.24, 2.45) is 0 Å². The summed E-state index contributed by atoms with van der Waals surface area (Å²) in [5, 5.41) is 14.6. The molecule has 0 aliphatic rings. The summed E-state index contributed by atoms with van der Waals surface area (Å²) in [6, 6.07) is 6.64. The van der Waals surface area contributed by atoms with Crippen LogP contribution in [0.5, 0.6) is 0 Å². The first-order valence-corrected chi connectivity index (χ1v) is 6.28. The summed E-state index contributed by atoms with van der Waals surface area (Å²) in [6.45, 7) is 2.09. The summed E-state index contributed by atoms with van der Waals surface area (Å²) < 4.78 is 5.07. The van der Waals surface area contributed by atoms with E-state index in [-0.39, 0.29) is 12.6 Å². The fourth-order valence-electron chi connectivity index (χ4n) is 1.86. The second kappa shape index (κ2) is 7.53. The van der Waals surface area contributed by atoms with Crippen LogP contribution in [0.2, 0.25) is 0 Å². The molecule has 1 atom stereocenters. The predicted octanol–water partition coefficient (Wildman–Crippen LogP) is 1.58. The summed E-state index contributed by atoms with van der Waals surface area (Å²) in [7, 11) is 1.55. The van der Waals surface area contributed by atoms with Gasteiger partial charge in [0.1, 0.15) is 0 Å². The van der Waals surface area contributed by atoms with Gasteiger partial charge in [0.15, 0.2) is 0 Å². The van der Waals surface area contributed by atoms with Crippen molar-refractivity contribution < 1.29 is 14.6 Å². The molecule has 3 N–H and O–H groups in total. The Morgan fingerprint density at radius 3 is 2.90 bits per heavy atom. The quantitative estimate of drug-likeness (QED) is 0.691. The number of ether oxygens (including phenoxy) is 1. The number of methoxy groups -OCH3 is 1. The third-order valence-corrected chi connectivity index (χ3v) is 2.83. The molecule has 0 spiro atoms. The van der Waals surface area contributed by atoms with E-state index in [4.69, 9.17) is 16.3 Å². The molecule has 1 unspecified atom stereocenters. The van der Waals surface area contributed by atoms with Crippen LogP contribution in [0.4, 0.5) is 10.5 Å². The van der Waals surface area contributed by atoms with Crippen LogP contribution in [0.15, 0.2) is 24.3 Å². The first-order valence-electron chi connectivity index (χ1n) is 6.28. The van der Waals surface area contributed by atoms with E-state index in [0.717, 1.165) is 0 Å². The maximum absolute atomic E-state index is 12.0. The highest BCUT2D eigenvalue weighted by atomic mass is 16.5. The van der Waals surface area contributed by atoms with Gasteiger partial charge in [-0.1, -0.05) is 12.0 Å². The molecule has 0 saturated carbocycles. The van der Waals surface area contributed by atoms with Gasteiger partial charge in [-0.05, 0) is 31.5 Å². The molecule has 0 aromatic heterocycles. The molecule has 0 aliphatic carbocycles. The van der Waals surface area contributed by atoms with Crippen molar-refractivity contribution in [1.29, 1.82) is 0 Å². The Hall–Kier alpha value is -2.03. The van der Waals surface area contributed by atoms with E-state index in [1.807, 2.05) is 6.92 Å². The number of benzene rings is 1. The van der Waals surface area contributed by atoms with Crippen molar-refractivity contribution in [2.45, 2.75) is 18.9 Å². The Balaban J connectivity index is 2.68. The Kier molecular flexibility index (Phi) is 6.04. The van der Waals surface area contributed by atoms with Crippen LogP contribution in [-0.2, 0) is 4.74 Å². The van der Waals surface area contributed by atoms with Crippen molar-refractivity contribution in [3.8, 4) is 12.3 Å². The summed E-state index contributed by atoms with van der Waals surface area (Å²) in [5.74, 6) is 2.50. The van der Waals surface area contributed by atoms with E-state index < -0.39 is 5.54 Å². The molecule has 0 radical (unpaired) electrons. The standard InChI is InChI=1S/C15H20N2O3/c1-4-12-6-5-7-13(10-12)16-14(19)17-15(2,8-9-18)11-20-3/h1,5-7,10,18H,8-9,11H2,2-3H3,(H2,16,17,19). The van der Waals surface area contributed by atoms with Crippen LogP contribution in [-0.4, -0.2) is 37.0 Å². The van der Waals surface area contributed by atoms with E-state index in [1.54, 1.807) is 31.4 Å². The molecule has 0 aliphatic heterocycles. The number of urea groups is 1. The van der Waals surface area contributed by atoms with Gasteiger partial charge in [-0.2, -0.15) is 0 Å². The van der Waals surface area contributed by atoms with Gasteiger partial charge in [-0.3, -0.25) is 0 Å². The number of aliphatic hydroxyl groups excluding tert-OH is 1. The van der Waals surface area contributed by atoms with E-state index in [1.165, 1.54) is 0 Å². The minimum atomic E-state index is -0.628. The minimum absolute atomic E-state index is 0.0350. The van der Waals surface area contributed by atoms with Crippen molar-refractivity contribution in [3.63, 3.8) is 0 Å². The zero-order valence-corrected chi connectivity index (χ0v) is 11.8. The first-order chi connectivity index (χ1) is 9.53.